The maximum absolute atomic E-state index is 13.4. The zero-order valence-corrected chi connectivity index (χ0v) is 11.5. The lowest BCUT2D eigenvalue weighted by Gasteiger charge is -2.27. The van der Waals surface area contributed by atoms with Gasteiger partial charge in [0.15, 0.2) is 0 Å². The Balaban J connectivity index is 2.18. The van der Waals surface area contributed by atoms with Crippen molar-refractivity contribution in [2.45, 2.75) is 25.8 Å². The summed E-state index contributed by atoms with van der Waals surface area (Å²) >= 11 is 5.91. The summed E-state index contributed by atoms with van der Waals surface area (Å²) in [7, 11) is 0. The highest BCUT2D eigenvalue weighted by Crippen LogP contribution is 2.30. The first-order chi connectivity index (χ1) is 8.63. The zero-order valence-electron chi connectivity index (χ0n) is 10.7. The van der Waals surface area contributed by atoms with Gasteiger partial charge in [-0.05, 0) is 42.6 Å². The average molecular weight is 271 g/mol. The molecule has 2 atom stereocenters. The minimum Gasteiger partial charge on any atom is -0.329 e. The lowest BCUT2D eigenvalue weighted by Crippen LogP contribution is -2.32. The van der Waals surface area contributed by atoms with Crippen LogP contribution in [0.25, 0.3) is 0 Å². The number of nitrogens with two attached hydrogens (primary N) is 1. The van der Waals surface area contributed by atoms with Crippen molar-refractivity contribution in [1.29, 1.82) is 0 Å². The first-order valence-electron chi connectivity index (χ1n) is 6.54. The molecular formula is C14H20ClFN2. The van der Waals surface area contributed by atoms with Crippen LogP contribution in [0.3, 0.4) is 0 Å². The SMILES string of the molecule is CCC1CCN(C(CN)c2cc(F)cc(Cl)c2)C1. The number of rotatable bonds is 4. The molecule has 1 aliphatic rings. The standard InChI is InChI=1S/C14H20ClFN2/c1-2-10-3-4-18(9-10)14(8-17)11-5-12(15)7-13(16)6-11/h5-7,10,14H,2-4,8-9,17H2,1H3. The lowest BCUT2D eigenvalue weighted by molar-refractivity contribution is 0.240. The second kappa shape index (κ2) is 6.00. The van der Waals surface area contributed by atoms with Crippen LogP contribution in [0, 0.1) is 11.7 Å². The molecule has 2 rings (SSSR count). The van der Waals surface area contributed by atoms with Crippen LogP contribution in [0.5, 0.6) is 0 Å². The molecule has 1 aromatic rings. The monoisotopic (exact) mass is 270 g/mol. The van der Waals surface area contributed by atoms with Crippen LogP contribution < -0.4 is 5.73 Å². The van der Waals surface area contributed by atoms with Crippen molar-refractivity contribution >= 4 is 11.6 Å². The van der Waals surface area contributed by atoms with Crippen molar-refractivity contribution in [3.05, 3.63) is 34.6 Å². The fourth-order valence-corrected chi connectivity index (χ4v) is 2.97. The molecule has 1 heterocycles. The Bertz CT molecular complexity index is 391. The van der Waals surface area contributed by atoms with Crippen LogP contribution in [0.2, 0.25) is 5.02 Å². The minimum atomic E-state index is -0.290. The van der Waals surface area contributed by atoms with Crippen LogP contribution in [-0.4, -0.2) is 24.5 Å². The normalized spacial score (nSPS) is 22.3. The molecule has 2 unspecified atom stereocenters. The van der Waals surface area contributed by atoms with Crippen LogP contribution in [0.4, 0.5) is 4.39 Å². The summed E-state index contributed by atoms with van der Waals surface area (Å²) in [5, 5.41) is 0.440. The number of hydrogen-bond donors (Lipinski definition) is 1. The minimum absolute atomic E-state index is 0.0785. The highest BCUT2D eigenvalue weighted by Gasteiger charge is 2.27. The van der Waals surface area contributed by atoms with E-state index in [-0.39, 0.29) is 11.9 Å². The van der Waals surface area contributed by atoms with Gasteiger partial charge >= 0.3 is 0 Å². The van der Waals surface area contributed by atoms with Crippen molar-refractivity contribution in [3.8, 4) is 0 Å². The maximum atomic E-state index is 13.4. The van der Waals surface area contributed by atoms with Crippen molar-refractivity contribution < 1.29 is 4.39 Å². The molecule has 0 spiro atoms. The molecular weight excluding hydrogens is 251 g/mol. The number of likely N-dealkylation sites (tertiary alicyclic amines) is 1. The van der Waals surface area contributed by atoms with Crippen LogP contribution in [-0.2, 0) is 0 Å². The molecule has 1 aromatic carbocycles. The van der Waals surface area contributed by atoms with Crippen LogP contribution in [0.15, 0.2) is 18.2 Å². The molecule has 0 aromatic heterocycles. The van der Waals surface area contributed by atoms with Crippen molar-refractivity contribution in [1.82, 2.24) is 4.90 Å². The van der Waals surface area contributed by atoms with Gasteiger partial charge in [0.1, 0.15) is 5.82 Å². The molecule has 4 heteroatoms. The molecule has 0 radical (unpaired) electrons. The van der Waals surface area contributed by atoms with E-state index in [2.05, 4.69) is 11.8 Å². The third-order valence-corrected chi connectivity index (χ3v) is 4.05. The number of benzene rings is 1. The Kier molecular flexibility index (Phi) is 4.60. The number of hydrogen-bond acceptors (Lipinski definition) is 2. The molecule has 0 bridgehead atoms. The Hall–Kier alpha value is -0.640. The summed E-state index contributed by atoms with van der Waals surface area (Å²) < 4.78 is 13.4. The van der Waals surface area contributed by atoms with Crippen molar-refractivity contribution in [2.75, 3.05) is 19.6 Å². The second-order valence-corrected chi connectivity index (χ2v) is 5.45. The quantitative estimate of drug-likeness (QED) is 0.910. The van der Waals surface area contributed by atoms with Gasteiger partial charge in [-0.15, -0.1) is 0 Å². The van der Waals surface area contributed by atoms with Gasteiger partial charge in [0.25, 0.3) is 0 Å². The van der Waals surface area contributed by atoms with Gasteiger partial charge in [0.2, 0.25) is 0 Å². The molecule has 2 nitrogen and oxygen atoms in total. The Morgan fingerprint density at radius 1 is 1.50 bits per heavy atom. The van der Waals surface area contributed by atoms with E-state index in [0.29, 0.717) is 11.6 Å². The van der Waals surface area contributed by atoms with Gasteiger partial charge in [0, 0.05) is 24.2 Å². The zero-order chi connectivity index (χ0) is 13.1. The van der Waals surface area contributed by atoms with E-state index < -0.39 is 0 Å². The van der Waals surface area contributed by atoms with Gasteiger partial charge < -0.3 is 5.73 Å². The Labute approximate surface area is 113 Å². The lowest BCUT2D eigenvalue weighted by atomic mass is 10.0. The van der Waals surface area contributed by atoms with Gasteiger partial charge in [-0.25, -0.2) is 4.39 Å². The third-order valence-electron chi connectivity index (χ3n) is 3.83. The van der Waals surface area contributed by atoms with E-state index in [1.165, 1.54) is 18.9 Å². The topological polar surface area (TPSA) is 29.3 Å². The molecule has 2 N–H and O–H groups in total. The van der Waals surface area contributed by atoms with E-state index in [0.717, 1.165) is 24.6 Å². The van der Waals surface area contributed by atoms with E-state index in [9.17, 15) is 4.39 Å². The number of halogens is 2. The highest BCUT2D eigenvalue weighted by molar-refractivity contribution is 6.30. The summed E-state index contributed by atoms with van der Waals surface area (Å²) in [6.45, 7) is 4.79. The van der Waals surface area contributed by atoms with Gasteiger partial charge in [-0.1, -0.05) is 24.9 Å². The number of nitrogens with zero attached hydrogens (tertiary/aromatic N) is 1. The molecule has 100 valence electrons. The van der Waals surface area contributed by atoms with E-state index in [4.69, 9.17) is 17.3 Å². The fourth-order valence-electron chi connectivity index (χ4n) is 2.74. The van der Waals surface area contributed by atoms with E-state index in [1.54, 1.807) is 6.07 Å². The molecule has 1 aliphatic heterocycles. The van der Waals surface area contributed by atoms with Crippen molar-refractivity contribution in [3.63, 3.8) is 0 Å². The van der Waals surface area contributed by atoms with Crippen LogP contribution >= 0.6 is 11.6 Å². The van der Waals surface area contributed by atoms with Crippen LogP contribution in [0.1, 0.15) is 31.4 Å². The second-order valence-electron chi connectivity index (χ2n) is 5.01. The molecule has 0 amide bonds. The molecule has 0 aliphatic carbocycles. The molecule has 18 heavy (non-hydrogen) atoms. The largest absolute Gasteiger partial charge is 0.329 e. The van der Waals surface area contributed by atoms with Gasteiger partial charge in [-0.3, -0.25) is 4.90 Å². The predicted octanol–water partition coefficient (Wildman–Crippen LogP) is 3.21. The van der Waals surface area contributed by atoms with E-state index in [1.807, 2.05) is 6.07 Å². The Morgan fingerprint density at radius 2 is 2.28 bits per heavy atom. The molecule has 1 saturated heterocycles. The highest BCUT2D eigenvalue weighted by atomic mass is 35.5. The van der Waals surface area contributed by atoms with Crippen molar-refractivity contribution in [2.24, 2.45) is 11.7 Å². The molecule has 0 saturated carbocycles. The average Bonchev–Trinajstić information content (AvgIpc) is 2.77. The summed E-state index contributed by atoms with van der Waals surface area (Å²) in [5.41, 5.74) is 6.75. The summed E-state index contributed by atoms with van der Waals surface area (Å²) in [4.78, 5) is 2.35. The fraction of sp³-hybridized carbons (Fsp3) is 0.571. The summed E-state index contributed by atoms with van der Waals surface area (Å²) in [6, 6.07) is 4.77. The first-order valence-corrected chi connectivity index (χ1v) is 6.92. The summed E-state index contributed by atoms with van der Waals surface area (Å²) in [6.07, 6.45) is 2.40. The maximum Gasteiger partial charge on any atom is 0.125 e. The first kappa shape index (κ1) is 13.8. The van der Waals surface area contributed by atoms with Gasteiger partial charge in [-0.2, -0.15) is 0 Å². The third kappa shape index (κ3) is 3.02. The predicted molar refractivity (Wildman–Crippen MR) is 73.2 cm³/mol. The Morgan fingerprint density at radius 3 is 2.83 bits per heavy atom. The molecule has 1 fully saturated rings. The smallest absolute Gasteiger partial charge is 0.125 e. The van der Waals surface area contributed by atoms with E-state index >= 15 is 0 Å². The van der Waals surface area contributed by atoms with Gasteiger partial charge in [0.05, 0.1) is 0 Å². The summed E-state index contributed by atoms with van der Waals surface area (Å²) in [5.74, 6) is 0.449.